The summed E-state index contributed by atoms with van der Waals surface area (Å²) >= 11 is 0. The van der Waals surface area contributed by atoms with Gasteiger partial charge in [0, 0.05) is 17.8 Å². The molecule has 2 rings (SSSR count). The van der Waals surface area contributed by atoms with Crippen LogP contribution in [0.25, 0.3) is 11.1 Å². The Balaban J connectivity index is 2.19. The molecule has 1 unspecified atom stereocenters. The van der Waals surface area contributed by atoms with Gasteiger partial charge in [-0.3, -0.25) is 0 Å². The highest BCUT2D eigenvalue weighted by Crippen LogP contribution is 2.29. The van der Waals surface area contributed by atoms with Crippen molar-refractivity contribution < 1.29 is 9.84 Å². The molecule has 0 aliphatic rings. The molecule has 2 aromatic rings. The van der Waals surface area contributed by atoms with Crippen LogP contribution in [0.3, 0.4) is 0 Å². The number of aromatic nitrogens is 1. The Morgan fingerprint density at radius 3 is 2.62 bits per heavy atom. The number of aliphatic hydroxyl groups is 1. The highest BCUT2D eigenvalue weighted by atomic mass is 16.5. The van der Waals surface area contributed by atoms with E-state index < -0.39 is 6.10 Å². The maximum absolute atomic E-state index is 10.1. The summed E-state index contributed by atoms with van der Waals surface area (Å²) in [4.78, 5) is 4.35. The van der Waals surface area contributed by atoms with E-state index >= 15 is 0 Å². The molecular formula is C18H23NO2. The minimum Gasteiger partial charge on any atom is -0.478 e. The number of hydrogen-bond acceptors (Lipinski definition) is 3. The van der Waals surface area contributed by atoms with Gasteiger partial charge in [-0.15, -0.1) is 0 Å². The summed E-state index contributed by atoms with van der Waals surface area (Å²) in [7, 11) is 0. The summed E-state index contributed by atoms with van der Waals surface area (Å²) in [6.45, 7) is 4.81. The first-order valence-electron chi connectivity index (χ1n) is 7.62. The summed E-state index contributed by atoms with van der Waals surface area (Å²) in [5.41, 5.74) is 2.97. The van der Waals surface area contributed by atoms with Gasteiger partial charge in [0.05, 0.1) is 12.7 Å². The van der Waals surface area contributed by atoms with Crippen molar-refractivity contribution in [1.82, 2.24) is 4.98 Å². The lowest BCUT2D eigenvalue weighted by Crippen LogP contribution is -2.00. The van der Waals surface area contributed by atoms with Gasteiger partial charge in [-0.2, -0.15) is 0 Å². The zero-order valence-corrected chi connectivity index (χ0v) is 12.7. The Kier molecular flexibility index (Phi) is 5.76. The molecule has 1 aromatic carbocycles. The Labute approximate surface area is 126 Å². The van der Waals surface area contributed by atoms with Crippen molar-refractivity contribution in [3.05, 3.63) is 48.2 Å². The Morgan fingerprint density at radius 1 is 1.14 bits per heavy atom. The van der Waals surface area contributed by atoms with E-state index in [0.29, 0.717) is 18.9 Å². The van der Waals surface area contributed by atoms with Crippen LogP contribution < -0.4 is 4.74 Å². The molecule has 0 aliphatic heterocycles. The number of pyridine rings is 1. The van der Waals surface area contributed by atoms with Crippen LogP contribution in [-0.4, -0.2) is 16.7 Å². The van der Waals surface area contributed by atoms with Crippen LogP contribution in [0.1, 0.15) is 44.8 Å². The van der Waals surface area contributed by atoms with Gasteiger partial charge in [-0.25, -0.2) is 4.98 Å². The SMILES string of the molecule is CCCCOc1ccc(-c2ccccc2C(O)CC)cn1. The normalized spacial score (nSPS) is 12.1. The number of benzene rings is 1. The lowest BCUT2D eigenvalue weighted by molar-refractivity contribution is 0.174. The van der Waals surface area contributed by atoms with E-state index in [1.807, 2.05) is 49.5 Å². The Bertz CT molecular complexity index is 551. The van der Waals surface area contributed by atoms with Crippen molar-refractivity contribution in [3.63, 3.8) is 0 Å². The molecule has 112 valence electrons. The number of unbranched alkanes of at least 4 members (excludes halogenated alkanes) is 1. The van der Waals surface area contributed by atoms with Crippen molar-refractivity contribution >= 4 is 0 Å². The van der Waals surface area contributed by atoms with Gasteiger partial charge in [0.25, 0.3) is 0 Å². The first-order chi connectivity index (χ1) is 10.3. The zero-order chi connectivity index (χ0) is 15.1. The quantitative estimate of drug-likeness (QED) is 0.768. The molecule has 0 bridgehead atoms. The van der Waals surface area contributed by atoms with E-state index in [-0.39, 0.29) is 0 Å². The summed E-state index contributed by atoms with van der Waals surface area (Å²) in [5, 5.41) is 10.1. The minimum absolute atomic E-state index is 0.443. The molecule has 3 heteroatoms. The highest BCUT2D eigenvalue weighted by Gasteiger charge is 2.11. The third-order valence-corrected chi connectivity index (χ3v) is 3.50. The summed E-state index contributed by atoms with van der Waals surface area (Å²) < 4.78 is 5.58. The summed E-state index contributed by atoms with van der Waals surface area (Å²) in [6.07, 6.45) is 4.21. The minimum atomic E-state index is -0.443. The van der Waals surface area contributed by atoms with Gasteiger partial charge < -0.3 is 9.84 Å². The number of aliphatic hydroxyl groups excluding tert-OH is 1. The second-order valence-electron chi connectivity index (χ2n) is 5.10. The van der Waals surface area contributed by atoms with E-state index in [0.717, 1.165) is 29.5 Å². The molecule has 3 nitrogen and oxygen atoms in total. The predicted octanol–water partition coefficient (Wildman–Crippen LogP) is 4.37. The monoisotopic (exact) mass is 285 g/mol. The molecule has 1 N–H and O–H groups in total. The first-order valence-corrected chi connectivity index (χ1v) is 7.62. The highest BCUT2D eigenvalue weighted by molar-refractivity contribution is 5.67. The fourth-order valence-electron chi connectivity index (χ4n) is 2.22. The fraction of sp³-hybridized carbons (Fsp3) is 0.389. The molecule has 21 heavy (non-hydrogen) atoms. The van der Waals surface area contributed by atoms with Crippen molar-refractivity contribution in [2.45, 2.75) is 39.2 Å². The van der Waals surface area contributed by atoms with Gasteiger partial charge in [-0.05, 0) is 30.0 Å². The van der Waals surface area contributed by atoms with Crippen LogP contribution in [0.5, 0.6) is 5.88 Å². The number of rotatable bonds is 7. The number of nitrogens with zero attached hydrogens (tertiary/aromatic N) is 1. The van der Waals surface area contributed by atoms with Crippen LogP contribution in [-0.2, 0) is 0 Å². The molecule has 0 spiro atoms. The lowest BCUT2D eigenvalue weighted by atomic mass is 9.96. The molecule has 0 amide bonds. The van der Waals surface area contributed by atoms with E-state index in [1.54, 1.807) is 0 Å². The number of ether oxygens (including phenoxy) is 1. The third kappa shape index (κ3) is 4.05. The smallest absolute Gasteiger partial charge is 0.213 e. The average molecular weight is 285 g/mol. The van der Waals surface area contributed by atoms with Gasteiger partial charge in [0.1, 0.15) is 0 Å². The maximum Gasteiger partial charge on any atom is 0.213 e. The summed E-state index contributed by atoms with van der Waals surface area (Å²) in [6, 6.07) is 11.8. The van der Waals surface area contributed by atoms with Crippen molar-refractivity contribution in [3.8, 4) is 17.0 Å². The molecule has 0 aliphatic carbocycles. The molecule has 0 fully saturated rings. The van der Waals surface area contributed by atoms with Crippen molar-refractivity contribution in [1.29, 1.82) is 0 Å². The topological polar surface area (TPSA) is 42.4 Å². The van der Waals surface area contributed by atoms with Crippen LogP contribution in [0, 0.1) is 0 Å². The van der Waals surface area contributed by atoms with Gasteiger partial charge in [0.2, 0.25) is 5.88 Å². The molecular weight excluding hydrogens is 262 g/mol. The number of hydrogen-bond donors (Lipinski definition) is 1. The van der Waals surface area contributed by atoms with Gasteiger partial charge >= 0.3 is 0 Å². The second-order valence-corrected chi connectivity index (χ2v) is 5.10. The third-order valence-electron chi connectivity index (χ3n) is 3.50. The fourth-order valence-corrected chi connectivity index (χ4v) is 2.22. The van der Waals surface area contributed by atoms with E-state index in [2.05, 4.69) is 11.9 Å². The molecule has 0 radical (unpaired) electrons. The molecule has 1 atom stereocenters. The Morgan fingerprint density at radius 2 is 1.95 bits per heavy atom. The zero-order valence-electron chi connectivity index (χ0n) is 12.7. The van der Waals surface area contributed by atoms with Gasteiger partial charge in [-0.1, -0.05) is 44.5 Å². The van der Waals surface area contributed by atoms with E-state index in [9.17, 15) is 5.11 Å². The van der Waals surface area contributed by atoms with Crippen LogP contribution >= 0.6 is 0 Å². The van der Waals surface area contributed by atoms with Gasteiger partial charge in [0.15, 0.2) is 0 Å². The molecule has 1 aromatic heterocycles. The Hall–Kier alpha value is -1.87. The summed E-state index contributed by atoms with van der Waals surface area (Å²) in [5.74, 6) is 0.653. The van der Waals surface area contributed by atoms with E-state index in [1.165, 1.54) is 0 Å². The van der Waals surface area contributed by atoms with Crippen LogP contribution in [0.2, 0.25) is 0 Å². The van der Waals surface area contributed by atoms with Crippen LogP contribution in [0.15, 0.2) is 42.6 Å². The molecule has 0 saturated heterocycles. The van der Waals surface area contributed by atoms with Crippen LogP contribution in [0.4, 0.5) is 0 Å². The van der Waals surface area contributed by atoms with Crippen molar-refractivity contribution in [2.24, 2.45) is 0 Å². The standard InChI is InChI=1S/C18H23NO2/c1-3-5-12-21-18-11-10-14(13-19-18)15-8-6-7-9-16(15)17(20)4-2/h6-11,13,17,20H,3-5,12H2,1-2H3. The largest absolute Gasteiger partial charge is 0.478 e. The predicted molar refractivity (Wildman–Crippen MR) is 85.3 cm³/mol. The first kappa shape index (κ1) is 15.5. The maximum atomic E-state index is 10.1. The van der Waals surface area contributed by atoms with E-state index in [4.69, 9.17) is 4.74 Å². The lowest BCUT2D eigenvalue weighted by Gasteiger charge is -2.14. The van der Waals surface area contributed by atoms with Crippen molar-refractivity contribution in [2.75, 3.05) is 6.61 Å². The molecule has 1 heterocycles. The average Bonchev–Trinajstić information content (AvgIpc) is 2.55. The molecule has 0 saturated carbocycles. The second kappa shape index (κ2) is 7.79.